The summed E-state index contributed by atoms with van der Waals surface area (Å²) in [5, 5.41) is 17.2. The molecule has 4 aliphatic rings. The van der Waals surface area contributed by atoms with Gasteiger partial charge in [-0.3, -0.25) is 38.6 Å². The number of benzene rings is 4. The number of carbonyl (C=O) groups is 6. The number of hydrogen-bond acceptors (Lipinski definition) is 11. The predicted molar refractivity (Wildman–Crippen MR) is 286 cm³/mol. The van der Waals surface area contributed by atoms with Crippen LogP contribution in [0.5, 0.6) is 0 Å². The minimum Gasteiger partial charge on any atom is -0.379 e. The Hall–Kier alpha value is -6.71. The summed E-state index contributed by atoms with van der Waals surface area (Å²) >= 11 is 0. The van der Waals surface area contributed by atoms with E-state index in [2.05, 4.69) is 55.5 Å². The molecule has 412 valence electrons. The van der Waals surface area contributed by atoms with Crippen LogP contribution < -0.4 is 36.8 Å². The molecule has 0 saturated carbocycles. The molecular weight excluding hydrogens is 994 g/mol. The molecule has 0 unspecified atom stereocenters. The number of nitrogens with zero attached hydrogens (tertiary/aromatic N) is 4. The van der Waals surface area contributed by atoms with Gasteiger partial charge in [0.2, 0.25) is 29.5 Å². The minimum atomic E-state index is -1.45. The molecule has 4 heterocycles. The fraction of sp³-hybridized carbons (Fsp3) is 0.474. The van der Waals surface area contributed by atoms with Crippen LogP contribution in [0.25, 0.3) is 0 Å². The summed E-state index contributed by atoms with van der Waals surface area (Å²) in [6, 6.07) is 16.9. The molecule has 8 rings (SSSR count). The van der Waals surface area contributed by atoms with Crippen molar-refractivity contribution in [2.75, 3.05) is 81.6 Å². The third-order valence-electron chi connectivity index (χ3n) is 15.7. The molecule has 2 fully saturated rings. The summed E-state index contributed by atoms with van der Waals surface area (Å²) in [6.45, 7) is 15.0. The average Bonchev–Trinajstić information content (AvgIpc) is 4.08. The van der Waals surface area contributed by atoms with E-state index >= 15 is 0 Å². The lowest BCUT2D eigenvalue weighted by Gasteiger charge is -2.43. The van der Waals surface area contributed by atoms with Gasteiger partial charge in [0, 0.05) is 68.8 Å². The molecule has 4 aliphatic heterocycles. The van der Waals surface area contributed by atoms with E-state index in [4.69, 9.17) is 4.74 Å². The van der Waals surface area contributed by atoms with Gasteiger partial charge in [0.25, 0.3) is 5.91 Å². The maximum Gasteiger partial charge on any atom is 0.252 e. The average molecular weight is 1070 g/mol. The van der Waals surface area contributed by atoms with Crippen molar-refractivity contribution in [3.05, 3.63) is 124 Å². The first-order valence-electron chi connectivity index (χ1n) is 26.5. The van der Waals surface area contributed by atoms with Crippen molar-refractivity contribution in [1.82, 2.24) is 36.0 Å². The van der Waals surface area contributed by atoms with Crippen LogP contribution in [-0.4, -0.2) is 146 Å². The van der Waals surface area contributed by atoms with Gasteiger partial charge < -0.3 is 46.4 Å². The summed E-state index contributed by atoms with van der Waals surface area (Å²) < 4.78 is 49.5. The Kier molecular flexibility index (Phi) is 17.8. The quantitative estimate of drug-likeness (QED) is 0.0816. The van der Waals surface area contributed by atoms with Crippen LogP contribution in [0.1, 0.15) is 81.8 Å². The van der Waals surface area contributed by atoms with E-state index in [9.17, 15) is 41.9 Å². The van der Waals surface area contributed by atoms with Gasteiger partial charge in [0.05, 0.1) is 37.8 Å². The molecule has 77 heavy (non-hydrogen) atoms. The number of para-hydroxylation sites is 1. The van der Waals surface area contributed by atoms with Gasteiger partial charge in [-0.2, -0.15) is 0 Å². The van der Waals surface area contributed by atoms with Crippen LogP contribution in [0.2, 0.25) is 0 Å². The Morgan fingerprint density at radius 2 is 1.62 bits per heavy atom. The van der Waals surface area contributed by atoms with Crippen molar-refractivity contribution in [3.8, 4) is 0 Å². The molecule has 20 heteroatoms. The van der Waals surface area contributed by atoms with E-state index in [1.807, 2.05) is 25.1 Å². The molecule has 0 spiro atoms. The van der Waals surface area contributed by atoms with E-state index in [1.54, 1.807) is 57.0 Å². The van der Waals surface area contributed by atoms with Gasteiger partial charge in [-0.25, -0.2) is 13.2 Å². The second kappa shape index (κ2) is 24.3. The van der Waals surface area contributed by atoms with Crippen molar-refractivity contribution in [3.63, 3.8) is 0 Å². The van der Waals surface area contributed by atoms with Crippen LogP contribution in [0, 0.1) is 23.4 Å². The number of ether oxygens (including phenoxy) is 1. The monoisotopic (exact) mass is 1060 g/mol. The standard InChI is InChI=1S/C57H71F3N10O7/c1-8-33(2)50(65-53(73)36(5)61-7)55(75)69-28-39-15-18-41(24-43(39)52(69)54(74)66-51-45(59)10-9-11-46(51)60)64-48(71)26-63-56(76)57(6)32-70(47-23-38(14-19-44(47)57)22-37-12-16-40(58)17-13-37)49(72)30-68-27-34(3)62-25-42(68)29-67-20-21-77-31-35(67)4/h9-19,23-24,33-36,42,50,52,61-62H,8,20-22,25-32H2,1-7H3,(H,63,76)(H,64,71)(H,65,73)(H,66,74)/t33-,34+,35+,36-,42+,50-,52-,57+/m0/s1. The highest BCUT2D eigenvalue weighted by Gasteiger charge is 2.48. The Labute approximate surface area is 448 Å². The van der Waals surface area contributed by atoms with Crippen molar-refractivity contribution in [1.29, 1.82) is 0 Å². The number of anilines is 3. The van der Waals surface area contributed by atoms with E-state index in [0.717, 1.165) is 42.4 Å². The smallest absolute Gasteiger partial charge is 0.252 e. The fourth-order valence-corrected chi connectivity index (χ4v) is 10.7. The zero-order chi connectivity index (χ0) is 55.3. The van der Waals surface area contributed by atoms with E-state index in [-0.39, 0.29) is 66.7 Å². The maximum atomic E-state index is 15.0. The minimum absolute atomic E-state index is 0.00219. The van der Waals surface area contributed by atoms with E-state index in [1.165, 1.54) is 23.1 Å². The van der Waals surface area contributed by atoms with Crippen LogP contribution >= 0.6 is 0 Å². The molecule has 2 saturated heterocycles. The third kappa shape index (κ3) is 12.7. The normalized spacial score (nSPS) is 22.6. The SMILES string of the molecule is CC[C@H](C)[C@H](NC(=O)[C@H](C)NC)C(=O)N1Cc2ccc(NC(=O)CNC(=O)[C@]3(C)CN(C(=O)CN4C[C@@H](C)NC[C@@H]4CN4CCOC[C@H]4C)c4cc(Cc5ccc(F)cc5)ccc43)cc2[C@H]1C(=O)Nc1c(F)cccc1F. The molecule has 0 aliphatic carbocycles. The third-order valence-corrected chi connectivity index (χ3v) is 15.7. The maximum absolute atomic E-state index is 15.0. The highest BCUT2D eigenvalue weighted by molar-refractivity contribution is 6.05. The number of morpholine rings is 1. The first-order chi connectivity index (χ1) is 36.8. The highest BCUT2D eigenvalue weighted by atomic mass is 19.1. The summed E-state index contributed by atoms with van der Waals surface area (Å²) in [5.74, 6) is -6.07. The number of piperazine rings is 1. The summed E-state index contributed by atoms with van der Waals surface area (Å²) in [7, 11) is 1.60. The molecule has 0 bridgehead atoms. The number of amides is 6. The number of rotatable bonds is 18. The fourth-order valence-electron chi connectivity index (χ4n) is 10.7. The lowest BCUT2D eigenvalue weighted by Crippen LogP contribution is -2.62. The van der Waals surface area contributed by atoms with Crippen LogP contribution in [0.3, 0.4) is 0 Å². The van der Waals surface area contributed by atoms with Gasteiger partial charge in [0.1, 0.15) is 35.2 Å². The first kappa shape index (κ1) is 56.5. The van der Waals surface area contributed by atoms with Crippen molar-refractivity contribution in [2.45, 2.75) is 103 Å². The van der Waals surface area contributed by atoms with Gasteiger partial charge in [-0.05, 0) is 117 Å². The topological polar surface area (TPSA) is 197 Å². The van der Waals surface area contributed by atoms with Crippen LogP contribution in [0.4, 0.5) is 30.2 Å². The number of fused-ring (bicyclic) bond motifs is 2. The van der Waals surface area contributed by atoms with Crippen LogP contribution in [-0.2, 0) is 51.9 Å². The van der Waals surface area contributed by atoms with E-state index < -0.39 is 76.9 Å². The second-order valence-corrected chi connectivity index (χ2v) is 21.3. The molecule has 0 aromatic heterocycles. The Morgan fingerprint density at radius 1 is 0.896 bits per heavy atom. The number of halogens is 3. The molecule has 6 amide bonds. The molecule has 4 aromatic rings. The van der Waals surface area contributed by atoms with Crippen LogP contribution in [0.15, 0.2) is 78.9 Å². The first-order valence-corrected chi connectivity index (χ1v) is 26.5. The number of likely N-dealkylation sites (N-methyl/N-ethyl adjacent to an activating group) is 1. The van der Waals surface area contributed by atoms with Crippen molar-refractivity contribution >= 4 is 52.5 Å². The lowest BCUT2D eigenvalue weighted by molar-refractivity contribution is -0.143. The molecule has 4 aromatic carbocycles. The second-order valence-electron chi connectivity index (χ2n) is 21.3. The van der Waals surface area contributed by atoms with Crippen molar-refractivity contribution in [2.24, 2.45) is 5.92 Å². The molecule has 6 N–H and O–H groups in total. The zero-order valence-electron chi connectivity index (χ0n) is 44.8. The number of nitrogens with one attached hydrogen (secondary N) is 6. The van der Waals surface area contributed by atoms with Gasteiger partial charge in [0.15, 0.2) is 0 Å². The van der Waals surface area contributed by atoms with Gasteiger partial charge in [-0.1, -0.05) is 56.7 Å². The summed E-state index contributed by atoms with van der Waals surface area (Å²) in [6.07, 6.45) is 0.941. The Balaban J connectivity index is 1.01. The molecular formula is C57H71F3N10O7. The largest absolute Gasteiger partial charge is 0.379 e. The predicted octanol–water partition coefficient (Wildman–Crippen LogP) is 4.60. The zero-order valence-corrected chi connectivity index (χ0v) is 44.8. The summed E-state index contributed by atoms with van der Waals surface area (Å²) in [4.78, 5) is 92.6. The van der Waals surface area contributed by atoms with E-state index in [0.29, 0.717) is 56.0 Å². The van der Waals surface area contributed by atoms with Gasteiger partial charge >= 0.3 is 0 Å². The molecule has 0 radical (unpaired) electrons. The number of carbonyl (C=O) groups excluding carboxylic acids is 6. The van der Waals surface area contributed by atoms with Gasteiger partial charge in [-0.15, -0.1) is 0 Å². The Bertz CT molecular complexity index is 2840. The number of hydrogen-bond donors (Lipinski definition) is 6. The molecule has 17 nitrogen and oxygen atoms in total. The van der Waals surface area contributed by atoms with Crippen molar-refractivity contribution < 1.29 is 46.7 Å². The Morgan fingerprint density at radius 3 is 2.32 bits per heavy atom. The summed E-state index contributed by atoms with van der Waals surface area (Å²) in [5.41, 5.74) is 1.88. The lowest BCUT2D eigenvalue weighted by atomic mass is 9.83. The molecule has 8 atom stereocenters. The highest BCUT2D eigenvalue weighted by Crippen LogP contribution is 2.43.